The summed E-state index contributed by atoms with van der Waals surface area (Å²) in [5.41, 5.74) is 0.722. The number of nitriles is 1. The third-order valence-electron chi connectivity index (χ3n) is 1.82. The van der Waals surface area contributed by atoms with E-state index in [0.717, 1.165) is 10.6 Å². The first kappa shape index (κ1) is 13.2. The van der Waals surface area contributed by atoms with E-state index in [0.29, 0.717) is 4.88 Å². The summed E-state index contributed by atoms with van der Waals surface area (Å²) < 4.78 is 15.6. The smallest absolute Gasteiger partial charge is 0.144 e. The Morgan fingerprint density at radius 3 is 2.56 bits per heavy atom. The summed E-state index contributed by atoms with van der Waals surface area (Å²) in [5, 5.41) is 8.70. The molecule has 0 aliphatic heterocycles. The molecule has 0 radical (unpaired) electrons. The summed E-state index contributed by atoms with van der Waals surface area (Å²) in [6.45, 7) is 7.47. The van der Waals surface area contributed by atoms with Crippen LogP contribution in [-0.4, -0.2) is 15.0 Å². The summed E-state index contributed by atoms with van der Waals surface area (Å²) in [5.74, 6) is 0. The lowest BCUT2D eigenvalue weighted by molar-refractivity contribution is 0.561. The maximum absolute atomic E-state index is 11.8. The molecule has 0 unspecified atom stereocenters. The van der Waals surface area contributed by atoms with Gasteiger partial charge in [0.05, 0.1) is 4.88 Å². The van der Waals surface area contributed by atoms with Crippen molar-refractivity contribution in [1.29, 1.82) is 5.26 Å². The van der Waals surface area contributed by atoms with Gasteiger partial charge in [-0.2, -0.15) is 5.26 Å². The highest BCUT2D eigenvalue weighted by atomic mass is 32.2. The third-order valence-corrected chi connectivity index (χ3v) is 4.40. The predicted molar refractivity (Wildman–Crippen MR) is 69.1 cm³/mol. The molecule has 1 atom stereocenters. The zero-order chi connectivity index (χ0) is 12.3. The van der Waals surface area contributed by atoms with Gasteiger partial charge in [0, 0.05) is 0 Å². The van der Waals surface area contributed by atoms with Gasteiger partial charge in [0.2, 0.25) is 0 Å². The molecule has 1 aromatic rings. The average Bonchev–Trinajstić information content (AvgIpc) is 2.64. The fourth-order valence-corrected chi connectivity index (χ4v) is 2.33. The van der Waals surface area contributed by atoms with Crippen molar-refractivity contribution in [1.82, 2.24) is 0 Å². The SMILES string of the molecule is C/C(=N\[S@+]([O-])C(C)(C)C)c1ccc(C#N)s1. The van der Waals surface area contributed by atoms with Crippen LogP contribution >= 0.6 is 11.3 Å². The highest BCUT2D eigenvalue weighted by Crippen LogP contribution is 2.21. The maximum Gasteiger partial charge on any atom is 0.144 e. The van der Waals surface area contributed by atoms with Gasteiger partial charge in [-0.05, 0) is 39.8 Å². The van der Waals surface area contributed by atoms with Crippen LogP contribution in [0, 0.1) is 11.3 Å². The second-order valence-electron chi connectivity index (χ2n) is 4.31. The van der Waals surface area contributed by atoms with Crippen molar-refractivity contribution >= 4 is 28.4 Å². The van der Waals surface area contributed by atoms with Gasteiger partial charge in [0.1, 0.15) is 32.8 Å². The van der Waals surface area contributed by atoms with Crippen LogP contribution in [0.4, 0.5) is 0 Å². The Morgan fingerprint density at radius 1 is 1.50 bits per heavy atom. The van der Waals surface area contributed by atoms with Gasteiger partial charge in [-0.3, -0.25) is 0 Å². The molecule has 0 spiro atoms. The zero-order valence-electron chi connectivity index (χ0n) is 9.77. The molecule has 16 heavy (non-hydrogen) atoms. The molecular formula is C11H14N2OS2. The number of hydrogen-bond acceptors (Lipinski definition) is 4. The van der Waals surface area contributed by atoms with E-state index in [-0.39, 0.29) is 4.75 Å². The molecule has 0 N–H and O–H groups in total. The molecular weight excluding hydrogens is 240 g/mol. The molecule has 1 aromatic heterocycles. The Bertz CT molecular complexity index is 438. The summed E-state index contributed by atoms with van der Waals surface area (Å²) in [7, 11) is 0. The van der Waals surface area contributed by atoms with E-state index < -0.39 is 11.4 Å². The summed E-state index contributed by atoms with van der Waals surface area (Å²) in [4.78, 5) is 1.54. The molecule has 1 rings (SSSR count). The van der Waals surface area contributed by atoms with Crippen LogP contribution in [0.2, 0.25) is 0 Å². The first-order chi connectivity index (χ1) is 7.34. The minimum absolute atomic E-state index is 0.351. The van der Waals surface area contributed by atoms with E-state index in [1.165, 1.54) is 11.3 Å². The van der Waals surface area contributed by atoms with Crippen molar-refractivity contribution in [2.75, 3.05) is 0 Å². The molecule has 0 bridgehead atoms. The average molecular weight is 254 g/mol. The molecule has 0 aromatic carbocycles. The third kappa shape index (κ3) is 3.34. The largest absolute Gasteiger partial charge is 0.591 e. The number of nitrogens with zero attached hydrogens (tertiary/aromatic N) is 2. The second-order valence-corrected chi connectivity index (χ2v) is 7.30. The van der Waals surface area contributed by atoms with Crippen LogP contribution in [0.5, 0.6) is 0 Å². The standard InChI is InChI=1S/C11H14N2OS2/c1-8(13-16(14)11(2,3)4)10-6-5-9(7-12)15-10/h5-6H,1-4H3/b13-8+/t16-/m1/s1. The van der Waals surface area contributed by atoms with E-state index >= 15 is 0 Å². The van der Waals surface area contributed by atoms with Crippen molar-refractivity contribution in [2.24, 2.45) is 4.40 Å². The molecule has 0 saturated carbocycles. The number of rotatable bonds is 2. The van der Waals surface area contributed by atoms with Gasteiger partial charge in [0.15, 0.2) is 0 Å². The number of hydrogen-bond donors (Lipinski definition) is 0. The highest BCUT2D eigenvalue weighted by molar-refractivity contribution is 7.91. The van der Waals surface area contributed by atoms with Crippen molar-refractivity contribution in [3.63, 3.8) is 0 Å². The fourth-order valence-electron chi connectivity index (χ4n) is 0.899. The van der Waals surface area contributed by atoms with Gasteiger partial charge in [-0.1, -0.05) is 4.40 Å². The Balaban J connectivity index is 2.90. The zero-order valence-corrected chi connectivity index (χ0v) is 11.4. The van der Waals surface area contributed by atoms with Crippen molar-refractivity contribution in [3.8, 4) is 6.07 Å². The maximum atomic E-state index is 11.8. The Kier molecular flexibility index (Phi) is 4.14. The highest BCUT2D eigenvalue weighted by Gasteiger charge is 2.26. The molecule has 0 aliphatic carbocycles. The van der Waals surface area contributed by atoms with Crippen molar-refractivity contribution in [3.05, 3.63) is 21.9 Å². The van der Waals surface area contributed by atoms with Gasteiger partial charge in [0.25, 0.3) is 0 Å². The van der Waals surface area contributed by atoms with Crippen LogP contribution in [0.15, 0.2) is 16.5 Å². The lowest BCUT2D eigenvalue weighted by Gasteiger charge is -2.18. The first-order valence-corrected chi connectivity index (χ1v) is 6.74. The van der Waals surface area contributed by atoms with E-state index in [1.54, 1.807) is 6.07 Å². The van der Waals surface area contributed by atoms with Gasteiger partial charge in [-0.15, -0.1) is 11.3 Å². The molecule has 86 valence electrons. The van der Waals surface area contributed by atoms with Gasteiger partial charge < -0.3 is 4.55 Å². The van der Waals surface area contributed by atoms with Crippen LogP contribution < -0.4 is 0 Å². The van der Waals surface area contributed by atoms with Crippen LogP contribution in [0.3, 0.4) is 0 Å². The van der Waals surface area contributed by atoms with Crippen molar-refractivity contribution in [2.45, 2.75) is 32.4 Å². The lowest BCUT2D eigenvalue weighted by Crippen LogP contribution is -2.26. The molecule has 1 heterocycles. The monoisotopic (exact) mass is 254 g/mol. The Hall–Kier alpha value is -0.830. The van der Waals surface area contributed by atoms with Gasteiger partial charge in [-0.25, -0.2) is 0 Å². The summed E-state index contributed by atoms with van der Waals surface area (Å²) >= 11 is 0.118. The minimum Gasteiger partial charge on any atom is -0.591 e. The topological polar surface area (TPSA) is 59.2 Å². The molecule has 0 aliphatic rings. The first-order valence-electron chi connectivity index (χ1n) is 4.82. The molecule has 3 nitrogen and oxygen atoms in total. The fraction of sp³-hybridized carbons (Fsp3) is 0.455. The van der Waals surface area contributed by atoms with Crippen molar-refractivity contribution < 1.29 is 4.55 Å². The van der Waals surface area contributed by atoms with E-state index in [1.807, 2.05) is 33.8 Å². The quantitative estimate of drug-likeness (QED) is 0.602. The van der Waals surface area contributed by atoms with Crippen LogP contribution in [0.1, 0.15) is 37.4 Å². The molecule has 0 fully saturated rings. The number of thiophene rings is 1. The molecule has 0 amide bonds. The predicted octanol–water partition coefficient (Wildman–Crippen LogP) is 2.89. The molecule has 0 saturated heterocycles. The Labute approximate surface area is 103 Å². The van der Waals surface area contributed by atoms with E-state index in [9.17, 15) is 4.55 Å². The van der Waals surface area contributed by atoms with E-state index in [4.69, 9.17) is 5.26 Å². The molecule has 5 heteroatoms. The van der Waals surface area contributed by atoms with Crippen LogP contribution in [0.25, 0.3) is 0 Å². The summed E-state index contributed by atoms with van der Waals surface area (Å²) in [6.07, 6.45) is 0. The second kappa shape index (κ2) is 5.00. The van der Waals surface area contributed by atoms with Gasteiger partial charge >= 0.3 is 0 Å². The minimum atomic E-state index is -1.25. The van der Waals surface area contributed by atoms with E-state index in [2.05, 4.69) is 10.5 Å². The normalized spacial score (nSPS) is 14.6. The van der Waals surface area contributed by atoms with Crippen LogP contribution in [-0.2, 0) is 11.4 Å². The lowest BCUT2D eigenvalue weighted by atomic mass is 10.3. The summed E-state index contributed by atoms with van der Waals surface area (Å²) in [6, 6.07) is 5.66. The Morgan fingerprint density at radius 2 is 2.12 bits per heavy atom.